The number of Topliss-reactive ketones (excluding diaryl/α,β-unsaturated/α-hetero) is 1. The number of carbonyl (C=O) groups is 1. The Balaban J connectivity index is 2.26. The van der Waals surface area contributed by atoms with Crippen molar-refractivity contribution in [1.82, 2.24) is 9.78 Å². The number of nitrogens with zero attached hydrogens (tertiary/aromatic N) is 3. The van der Waals surface area contributed by atoms with Gasteiger partial charge in [-0.2, -0.15) is 23.5 Å². The molecule has 6 nitrogen and oxygen atoms in total. The number of ketones is 1. The van der Waals surface area contributed by atoms with E-state index in [2.05, 4.69) is 5.10 Å². The number of hydrogen-bond acceptors (Lipinski definition) is 5. The van der Waals surface area contributed by atoms with Crippen LogP contribution < -0.4 is 5.73 Å². The lowest BCUT2D eigenvalue weighted by Gasteiger charge is -2.37. The number of allylic oxidation sites excluding steroid dienone is 3. The predicted octanol–water partition coefficient (Wildman–Crippen LogP) is 2.89. The normalized spacial score (nSPS) is 22.8. The van der Waals surface area contributed by atoms with Crippen LogP contribution in [0.25, 0.3) is 0 Å². The van der Waals surface area contributed by atoms with Crippen LogP contribution in [0.5, 0.6) is 0 Å². The second kappa shape index (κ2) is 5.62. The molecule has 3 rings (SSSR count). The first-order valence-electron chi connectivity index (χ1n) is 7.89. The zero-order valence-corrected chi connectivity index (χ0v) is 14.4. The van der Waals surface area contributed by atoms with Crippen LogP contribution in [0, 0.1) is 16.7 Å². The van der Waals surface area contributed by atoms with E-state index in [1.54, 1.807) is 6.07 Å². The van der Waals surface area contributed by atoms with Crippen molar-refractivity contribution in [2.45, 2.75) is 38.8 Å². The van der Waals surface area contributed by atoms with E-state index in [1.807, 2.05) is 13.8 Å². The Labute approximate surface area is 147 Å². The number of aromatic nitrogens is 2. The summed E-state index contributed by atoms with van der Waals surface area (Å²) >= 11 is 0. The topological polar surface area (TPSA) is 93.9 Å². The standard InChI is InChI=1S/C17H17F3N4O2/c1-16(2)4-10(25)13-11(5-16)26-15(22)8(6-21)12(13)9-7-24(3)23-14(9)17(18,19)20/h7,12H,4-5,22H2,1-3H3. The SMILES string of the molecule is Cn1cc(C2C(C#N)=C(N)OC3=C2C(=O)CC(C)(C)C3)c(C(F)(F)F)n1. The van der Waals surface area contributed by atoms with Gasteiger partial charge >= 0.3 is 6.18 Å². The van der Waals surface area contributed by atoms with E-state index in [4.69, 9.17) is 10.5 Å². The predicted molar refractivity (Wildman–Crippen MR) is 83.9 cm³/mol. The number of carbonyl (C=O) groups excluding carboxylic acids is 1. The first-order chi connectivity index (χ1) is 11.9. The fourth-order valence-corrected chi connectivity index (χ4v) is 3.53. The van der Waals surface area contributed by atoms with Crippen molar-refractivity contribution in [1.29, 1.82) is 5.26 Å². The van der Waals surface area contributed by atoms with Gasteiger partial charge in [-0.3, -0.25) is 9.48 Å². The van der Waals surface area contributed by atoms with Gasteiger partial charge in [0.25, 0.3) is 0 Å². The van der Waals surface area contributed by atoms with Crippen molar-refractivity contribution in [2.75, 3.05) is 0 Å². The maximum absolute atomic E-state index is 13.5. The van der Waals surface area contributed by atoms with Crippen LogP contribution in [0.2, 0.25) is 0 Å². The fraction of sp³-hybridized carbons (Fsp3) is 0.471. The molecule has 1 aromatic heterocycles. The molecule has 2 heterocycles. The zero-order chi connectivity index (χ0) is 19.4. The first kappa shape index (κ1) is 18.0. The molecule has 0 spiro atoms. The van der Waals surface area contributed by atoms with Crippen LogP contribution >= 0.6 is 0 Å². The minimum absolute atomic E-state index is 0.0635. The van der Waals surface area contributed by atoms with Crippen molar-refractivity contribution in [3.63, 3.8) is 0 Å². The van der Waals surface area contributed by atoms with Crippen molar-refractivity contribution >= 4 is 5.78 Å². The molecular formula is C17H17F3N4O2. The van der Waals surface area contributed by atoms with Crippen LogP contribution in [-0.4, -0.2) is 15.6 Å². The van der Waals surface area contributed by atoms with Gasteiger partial charge in [0.2, 0.25) is 5.88 Å². The molecule has 0 amide bonds. The Morgan fingerprint density at radius 3 is 2.65 bits per heavy atom. The Morgan fingerprint density at radius 2 is 2.08 bits per heavy atom. The van der Waals surface area contributed by atoms with E-state index in [9.17, 15) is 23.2 Å². The summed E-state index contributed by atoms with van der Waals surface area (Å²) in [5.74, 6) is -1.64. The monoisotopic (exact) mass is 366 g/mol. The quantitative estimate of drug-likeness (QED) is 0.825. The average molecular weight is 366 g/mol. The molecule has 0 bridgehead atoms. The van der Waals surface area contributed by atoms with Gasteiger partial charge in [-0.25, -0.2) is 0 Å². The van der Waals surface area contributed by atoms with Crippen molar-refractivity contribution in [3.8, 4) is 6.07 Å². The highest BCUT2D eigenvalue weighted by molar-refractivity contribution is 6.00. The highest BCUT2D eigenvalue weighted by Crippen LogP contribution is 2.49. The average Bonchev–Trinajstić information content (AvgIpc) is 2.86. The van der Waals surface area contributed by atoms with Crippen LogP contribution in [0.4, 0.5) is 13.2 Å². The smallest absolute Gasteiger partial charge is 0.435 e. The molecule has 0 fully saturated rings. The minimum atomic E-state index is -4.73. The second-order valence-corrected chi connectivity index (χ2v) is 7.31. The first-order valence-corrected chi connectivity index (χ1v) is 7.89. The second-order valence-electron chi connectivity index (χ2n) is 7.31. The van der Waals surface area contributed by atoms with Crippen LogP contribution in [-0.2, 0) is 22.8 Å². The van der Waals surface area contributed by atoms with Gasteiger partial charge in [-0.15, -0.1) is 0 Å². The lowest BCUT2D eigenvalue weighted by atomic mass is 9.70. The zero-order valence-electron chi connectivity index (χ0n) is 14.4. The number of hydrogen-bond donors (Lipinski definition) is 1. The van der Waals surface area contributed by atoms with E-state index in [0.29, 0.717) is 6.42 Å². The molecule has 0 radical (unpaired) electrons. The van der Waals surface area contributed by atoms with Gasteiger partial charge in [0.05, 0.1) is 5.92 Å². The van der Waals surface area contributed by atoms with Crippen LogP contribution in [0.3, 0.4) is 0 Å². The molecule has 138 valence electrons. The molecule has 1 atom stereocenters. The minimum Gasteiger partial charge on any atom is -0.444 e. The summed E-state index contributed by atoms with van der Waals surface area (Å²) in [6.07, 6.45) is -3.08. The summed E-state index contributed by atoms with van der Waals surface area (Å²) in [6, 6.07) is 1.80. The third kappa shape index (κ3) is 2.85. The van der Waals surface area contributed by atoms with Gasteiger partial charge in [0.15, 0.2) is 11.5 Å². The largest absolute Gasteiger partial charge is 0.444 e. The van der Waals surface area contributed by atoms with Gasteiger partial charge in [0, 0.05) is 37.2 Å². The molecule has 1 aromatic rings. The molecule has 0 saturated carbocycles. The molecular weight excluding hydrogens is 349 g/mol. The van der Waals surface area contributed by atoms with E-state index in [1.165, 1.54) is 13.2 Å². The Bertz CT molecular complexity index is 900. The third-order valence-electron chi connectivity index (χ3n) is 4.51. The molecule has 2 aliphatic rings. The maximum Gasteiger partial charge on any atom is 0.435 e. The third-order valence-corrected chi connectivity index (χ3v) is 4.51. The molecule has 1 aliphatic heterocycles. The summed E-state index contributed by atoms with van der Waals surface area (Å²) in [7, 11) is 1.35. The Hall–Kier alpha value is -2.76. The number of ether oxygens (including phenoxy) is 1. The van der Waals surface area contributed by atoms with Gasteiger partial charge in [-0.05, 0) is 5.41 Å². The number of rotatable bonds is 1. The highest BCUT2D eigenvalue weighted by atomic mass is 19.4. The molecule has 26 heavy (non-hydrogen) atoms. The van der Waals surface area contributed by atoms with Crippen molar-refractivity contribution in [3.05, 3.63) is 40.2 Å². The number of halogens is 3. The molecule has 1 unspecified atom stereocenters. The maximum atomic E-state index is 13.5. The van der Waals surface area contributed by atoms with Crippen LogP contribution in [0.15, 0.2) is 29.0 Å². The fourth-order valence-electron chi connectivity index (χ4n) is 3.53. The molecule has 9 heteroatoms. The molecule has 2 N–H and O–H groups in total. The molecule has 0 aromatic carbocycles. The van der Waals surface area contributed by atoms with E-state index in [0.717, 1.165) is 4.68 Å². The summed E-state index contributed by atoms with van der Waals surface area (Å²) in [4.78, 5) is 12.7. The lowest BCUT2D eigenvalue weighted by Crippen LogP contribution is -2.34. The van der Waals surface area contributed by atoms with E-state index >= 15 is 0 Å². The lowest BCUT2D eigenvalue weighted by molar-refractivity contribution is -0.142. The highest BCUT2D eigenvalue weighted by Gasteiger charge is 2.47. The number of nitrogens with two attached hydrogens (primary N) is 1. The number of nitriles is 1. The van der Waals surface area contributed by atoms with Crippen LogP contribution in [0.1, 0.15) is 43.9 Å². The Kier molecular flexibility index (Phi) is 3.90. The summed E-state index contributed by atoms with van der Waals surface area (Å²) in [6.45, 7) is 3.72. The van der Waals surface area contributed by atoms with Gasteiger partial charge in [-0.1, -0.05) is 13.8 Å². The summed E-state index contributed by atoms with van der Waals surface area (Å²) in [5, 5.41) is 12.9. The Morgan fingerprint density at radius 1 is 1.42 bits per heavy atom. The number of alkyl halides is 3. The summed E-state index contributed by atoms with van der Waals surface area (Å²) in [5.41, 5.74) is 3.83. The van der Waals surface area contributed by atoms with E-state index in [-0.39, 0.29) is 40.6 Å². The summed E-state index contributed by atoms with van der Waals surface area (Å²) < 4.78 is 46.8. The molecule has 1 aliphatic carbocycles. The number of aryl methyl sites for hydroxylation is 1. The van der Waals surface area contributed by atoms with Crippen molar-refractivity contribution < 1.29 is 22.7 Å². The van der Waals surface area contributed by atoms with Gasteiger partial charge < -0.3 is 10.5 Å². The van der Waals surface area contributed by atoms with Gasteiger partial charge in [0.1, 0.15) is 17.4 Å². The van der Waals surface area contributed by atoms with E-state index < -0.39 is 23.2 Å². The molecule has 0 saturated heterocycles. The van der Waals surface area contributed by atoms with Crippen molar-refractivity contribution in [2.24, 2.45) is 18.2 Å².